The maximum absolute atomic E-state index is 13.3. The van der Waals surface area contributed by atoms with Crippen LogP contribution in [0, 0.1) is 0 Å². The fourth-order valence-corrected chi connectivity index (χ4v) is 4.39. The summed E-state index contributed by atoms with van der Waals surface area (Å²) in [5.41, 5.74) is 5.04. The molecule has 0 fully saturated rings. The van der Waals surface area contributed by atoms with Gasteiger partial charge in [-0.3, -0.25) is 9.78 Å². The highest BCUT2D eigenvalue weighted by Gasteiger charge is 2.40. The van der Waals surface area contributed by atoms with Crippen molar-refractivity contribution in [2.75, 3.05) is 0 Å². The first-order chi connectivity index (χ1) is 14.2. The summed E-state index contributed by atoms with van der Waals surface area (Å²) in [7, 11) is 0. The largest absolute Gasteiger partial charge is 0.327 e. The molecule has 5 rings (SSSR count). The molecular weight excluding hydrogens is 356 g/mol. The molecule has 0 aliphatic carbocycles. The Morgan fingerprint density at radius 3 is 2.45 bits per heavy atom. The van der Waals surface area contributed by atoms with E-state index in [1.807, 2.05) is 59.5 Å². The number of para-hydroxylation sites is 1. The van der Waals surface area contributed by atoms with Gasteiger partial charge in [0.05, 0.1) is 11.6 Å². The molecule has 0 bridgehead atoms. The van der Waals surface area contributed by atoms with E-state index >= 15 is 0 Å². The van der Waals surface area contributed by atoms with Crippen molar-refractivity contribution in [1.82, 2.24) is 9.88 Å². The number of rotatable bonds is 4. The van der Waals surface area contributed by atoms with Crippen molar-refractivity contribution in [2.45, 2.75) is 25.4 Å². The van der Waals surface area contributed by atoms with E-state index in [4.69, 9.17) is 4.98 Å². The molecule has 29 heavy (non-hydrogen) atoms. The molecular formula is C26H22N2O. The molecule has 0 saturated heterocycles. The number of benzene rings is 3. The van der Waals surface area contributed by atoms with Crippen LogP contribution < -0.4 is 0 Å². The molecule has 142 valence electrons. The molecule has 1 amide bonds. The molecule has 0 saturated carbocycles. The van der Waals surface area contributed by atoms with E-state index in [0.717, 1.165) is 33.3 Å². The van der Waals surface area contributed by atoms with Crippen molar-refractivity contribution in [3.63, 3.8) is 0 Å². The van der Waals surface area contributed by atoms with Crippen LogP contribution in [0.5, 0.6) is 0 Å². The van der Waals surface area contributed by atoms with Gasteiger partial charge in [-0.25, -0.2) is 0 Å². The molecule has 1 aromatic heterocycles. The fraction of sp³-hybridized carbons (Fsp3) is 0.154. The number of carbonyl (C=O) groups is 1. The van der Waals surface area contributed by atoms with Crippen molar-refractivity contribution in [2.24, 2.45) is 0 Å². The molecule has 3 heteroatoms. The number of pyridine rings is 1. The van der Waals surface area contributed by atoms with Crippen molar-refractivity contribution in [3.05, 3.63) is 113 Å². The lowest BCUT2D eigenvalue weighted by molar-refractivity contribution is 0.0687. The van der Waals surface area contributed by atoms with E-state index in [-0.39, 0.29) is 17.9 Å². The average Bonchev–Trinajstić information content (AvgIpc) is 3.05. The standard InChI is InChI=1S/C26H22N2O/c1-18(23-16-15-20-11-5-8-14-24(20)27-23)25-21-12-6-7-13-22(21)26(29)28(25)17-19-9-3-2-4-10-19/h2-16,18,25H,17H2,1H3. The Balaban J connectivity index is 1.57. The first-order valence-electron chi connectivity index (χ1n) is 10.0. The zero-order valence-corrected chi connectivity index (χ0v) is 16.3. The zero-order valence-electron chi connectivity index (χ0n) is 16.3. The second-order valence-electron chi connectivity index (χ2n) is 7.67. The Kier molecular flexibility index (Phi) is 4.36. The van der Waals surface area contributed by atoms with E-state index in [1.54, 1.807) is 0 Å². The highest BCUT2D eigenvalue weighted by molar-refractivity contribution is 5.99. The van der Waals surface area contributed by atoms with Crippen LogP contribution in [0.4, 0.5) is 0 Å². The molecule has 2 heterocycles. The van der Waals surface area contributed by atoms with Gasteiger partial charge in [0.2, 0.25) is 0 Å². The number of carbonyl (C=O) groups excluding carboxylic acids is 1. The highest BCUT2D eigenvalue weighted by Crippen LogP contribution is 2.43. The average molecular weight is 378 g/mol. The summed E-state index contributed by atoms with van der Waals surface area (Å²) < 4.78 is 0. The Labute approximate surface area is 170 Å². The molecule has 0 radical (unpaired) electrons. The molecule has 4 aromatic rings. The maximum atomic E-state index is 13.3. The van der Waals surface area contributed by atoms with Gasteiger partial charge >= 0.3 is 0 Å². The van der Waals surface area contributed by atoms with Crippen LogP contribution >= 0.6 is 0 Å². The van der Waals surface area contributed by atoms with Crippen molar-refractivity contribution >= 4 is 16.8 Å². The molecule has 3 nitrogen and oxygen atoms in total. The van der Waals surface area contributed by atoms with Gasteiger partial charge in [-0.1, -0.05) is 79.7 Å². The fourth-order valence-electron chi connectivity index (χ4n) is 4.39. The second-order valence-corrected chi connectivity index (χ2v) is 7.67. The van der Waals surface area contributed by atoms with Gasteiger partial charge in [-0.2, -0.15) is 0 Å². The third kappa shape index (κ3) is 3.09. The summed E-state index contributed by atoms with van der Waals surface area (Å²) in [5.74, 6) is 0.179. The first-order valence-corrected chi connectivity index (χ1v) is 10.0. The van der Waals surface area contributed by atoms with Crippen LogP contribution in [-0.4, -0.2) is 15.8 Å². The molecule has 0 N–H and O–H groups in total. The van der Waals surface area contributed by atoms with E-state index in [0.29, 0.717) is 6.54 Å². The predicted octanol–water partition coefficient (Wildman–Crippen LogP) is 5.74. The number of nitrogens with zero attached hydrogens (tertiary/aromatic N) is 2. The van der Waals surface area contributed by atoms with Gasteiger partial charge < -0.3 is 4.90 Å². The SMILES string of the molecule is CC(c1ccc2ccccc2n1)C1c2ccccc2C(=O)N1Cc1ccccc1. The number of fused-ring (bicyclic) bond motifs is 2. The summed E-state index contributed by atoms with van der Waals surface area (Å²) in [6, 6.07) is 30.5. The van der Waals surface area contributed by atoms with Crippen LogP contribution in [0.25, 0.3) is 10.9 Å². The maximum Gasteiger partial charge on any atom is 0.255 e. The van der Waals surface area contributed by atoms with Gasteiger partial charge in [0.25, 0.3) is 5.91 Å². The minimum absolute atomic E-state index is 0.0347. The minimum Gasteiger partial charge on any atom is -0.327 e. The summed E-state index contributed by atoms with van der Waals surface area (Å²) >= 11 is 0. The van der Waals surface area contributed by atoms with Crippen molar-refractivity contribution < 1.29 is 4.79 Å². The lowest BCUT2D eigenvalue weighted by atomic mass is 9.90. The Bertz CT molecular complexity index is 1190. The second kappa shape index (κ2) is 7.17. The molecule has 1 aliphatic rings. The van der Waals surface area contributed by atoms with Crippen LogP contribution in [-0.2, 0) is 6.54 Å². The third-order valence-electron chi connectivity index (χ3n) is 5.86. The highest BCUT2D eigenvalue weighted by atomic mass is 16.2. The summed E-state index contributed by atoms with van der Waals surface area (Å²) in [4.78, 5) is 20.2. The topological polar surface area (TPSA) is 33.2 Å². The van der Waals surface area contributed by atoms with Crippen LogP contribution in [0.2, 0.25) is 0 Å². The number of hydrogen-bond donors (Lipinski definition) is 0. The number of aromatic nitrogens is 1. The van der Waals surface area contributed by atoms with Gasteiger partial charge in [-0.05, 0) is 29.3 Å². The van der Waals surface area contributed by atoms with E-state index in [1.165, 1.54) is 0 Å². The van der Waals surface area contributed by atoms with Crippen molar-refractivity contribution in [1.29, 1.82) is 0 Å². The summed E-state index contributed by atoms with van der Waals surface area (Å²) in [5, 5.41) is 1.13. The van der Waals surface area contributed by atoms with E-state index < -0.39 is 0 Å². The van der Waals surface area contributed by atoms with Crippen LogP contribution in [0.15, 0.2) is 91.0 Å². The Hall–Kier alpha value is -3.46. The van der Waals surface area contributed by atoms with Gasteiger partial charge in [0, 0.05) is 29.1 Å². The molecule has 0 spiro atoms. The molecule has 2 atom stereocenters. The lowest BCUT2D eigenvalue weighted by Crippen LogP contribution is -2.30. The third-order valence-corrected chi connectivity index (χ3v) is 5.86. The monoisotopic (exact) mass is 378 g/mol. The first kappa shape index (κ1) is 17.6. The van der Waals surface area contributed by atoms with Gasteiger partial charge in [-0.15, -0.1) is 0 Å². The molecule has 3 aromatic carbocycles. The predicted molar refractivity (Wildman–Crippen MR) is 116 cm³/mol. The Morgan fingerprint density at radius 1 is 0.862 bits per heavy atom. The van der Waals surface area contributed by atoms with Crippen LogP contribution in [0.3, 0.4) is 0 Å². The zero-order chi connectivity index (χ0) is 19.8. The number of hydrogen-bond acceptors (Lipinski definition) is 2. The number of amides is 1. The van der Waals surface area contributed by atoms with Crippen molar-refractivity contribution in [3.8, 4) is 0 Å². The summed E-state index contributed by atoms with van der Waals surface area (Å²) in [6.45, 7) is 2.77. The van der Waals surface area contributed by atoms with Gasteiger partial charge in [0.15, 0.2) is 0 Å². The van der Waals surface area contributed by atoms with Gasteiger partial charge in [0.1, 0.15) is 0 Å². The normalized spacial score (nSPS) is 16.8. The quantitative estimate of drug-likeness (QED) is 0.454. The summed E-state index contributed by atoms with van der Waals surface area (Å²) in [6.07, 6.45) is 0. The molecule has 2 unspecified atom stereocenters. The van der Waals surface area contributed by atoms with Crippen LogP contribution in [0.1, 0.15) is 46.1 Å². The lowest BCUT2D eigenvalue weighted by Gasteiger charge is -2.30. The smallest absolute Gasteiger partial charge is 0.255 e. The van der Waals surface area contributed by atoms with E-state index in [2.05, 4.69) is 43.3 Å². The van der Waals surface area contributed by atoms with E-state index in [9.17, 15) is 4.79 Å². The minimum atomic E-state index is -0.0347. The Morgan fingerprint density at radius 2 is 1.59 bits per heavy atom. The molecule has 1 aliphatic heterocycles.